The van der Waals surface area contributed by atoms with Crippen LogP contribution in [0.5, 0.6) is 0 Å². The second-order valence-electron chi connectivity index (χ2n) is 5.72. The molecule has 1 aromatic heterocycles. The number of pyridine rings is 1. The maximum atomic E-state index is 10.5. The van der Waals surface area contributed by atoms with E-state index in [1.54, 1.807) is 12.3 Å². The third-order valence-electron chi connectivity index (χ3n) is 4.49. The summed E-state index contributed by atoms with van der Waals surface area (Å²) in [6.07, 6.45) is 11.1. The molecule has 2 heterocycles. The second-order valence-corrected chi connectivity index (χ2v) is 5.72. The minimum atomic E-state index is -0.932. The number of anilines is 1. The van der Waals surface area contributed by atoms with Crippen LogP contribution in [-0.2, 0) is 4.79 Å². The van der Waals surface area contributed by atoms with E-state index < -0.39 is 5.97 Å². The fourth-order valence-corrected chi connectivity index (χ4v) is 3.52. The molecule has 2 fully saturated rings. The van der Waals surface area contributed by atoms with Gasteiger partial charge in [-0.15, -0.1) is 0 Å². The summed E-state index contributed by atoms with van der Waals surface area (Å²) in [6, 6.07) is 4.62. The maximum absolute atomic E-state index is 10.5. The van der Waals surface area contributed by atoms with Crippen molar-refractivity contribution in [2.24, 2.45) is 5.92 Å². The number of fused-ring (bicyclic) bond motifs is 1. The van der Waals surface area contributed by atoms with Crippen LogP contribution in [0.15, 0.2) is 24.4 Å². The van der Waals surface area contributed by atoms with Crippen molar-refractivity contribution in [2.75, 3.05) is 11.4 Å². The molecule has 106 valence electrons. The molecule has 2 unspecified atom stereocenters. The summed E-state index contributed by atoms with van der Waals surface area (Å²) in [6.45, 7) is 1.10. The molecule has 1 aliphatic heterocycles. The van der Waals surface area contributed by atoms with Gasteiger partial charge in [0.1, 0.15) is 5.82 Å². The highest BCUT2D eigenvalue weighted by atomic mass is 16.4. The van der Waals surface area contributed by atoms with Crippen LogP contribution in [0.25, 0.3) is 6.08 Å². The zero-order chi connectivity index (χ0) is 13.9. The summed E-state index contributed by atoms with van der Waals surface area (Å²) in [5, 5.41) is 8.62. The Morgan fingerprint density at radius 3 is 2.90 bits per heavy atom. The van der Waals surface area contributed by atoms with Crippen molar-refractivity contribution in [3.63, 3.8) is 0 Å². The first kappa shape index (κ1) is 13.2. The molecule has 0 spiro atoms. The topological polar surface area (TPSA) is 53.4 Å². The predicted molar refractivity (Wildman–Crippen MR) is 78.6 cm³/mol. The zero-order valence-electron chi connectivity index (χ0n) is 11.5. The summed E-state index contributed by atoms with van der Waals surface area (Å²) < 4.78 is 0. The average molecular weight is 272 g/mol. The average Bonchev–Trinajstić information content (AvgIpc) is 2.89. The molecule has 1 saturated heterocycles. The summed E-state index contributed by atoms with van der Waals surface area (Å²) in [5.74, 6) is 0.947. The number of aromatic nitrogens is 1. The van der Waals surface area contributed by atoms with E-state index in [0.717, 1.165) is 29.9 Å². The van der Waals surface area contributed by atoms with Gasteiger partial charge in [-0.2, -0.15) is 0 Å². The maximum Gasteiger partial charge on any atom is 0.328 e. The second kappa shape index (κ2) is 5.65. The fourth-order valence-electron chi connectivity index (χ4n) is 3.52. The number of carboxylic acids is 1. The number of carboxylic acid groups (broad SMARTS) is 1. The van der Waals surface area contributed by atoms with Gasteiger partial charge in [-0.25, -0.2) is 9.78 Å². The van der Waals surface area contributed by atoms with Crippen LogP contribution in [0.1, 0.15) is 37.7 Å². The molecule has 2 aliphatic rings. The highest BCUT2D eigenvalue weighted by molar-refractivity contribution is 5.85. The first-order valence-corrected chi connectivity index (χ1v) is 7.38. The normalized spacial score (nSPS) is 25.9. The van der Waals surface area contributed by atoms with E-state index in [1.165, 1.54) is 32.1 Å². The molecule has 0 radical (unpaired) electrons. The Balaban J connectivity index is 1.73. The Morgan fingerprint density at radius 2 is 2.15 bits per heavy atom. The van der Waals surface area contributed by atoms with Crippen molar-refractivity contribution in [3.8, 4) is 0 Å². The van der Waals surface area contributed by atoms with E-state index in [0.29, 0.717) is 6.04 Å². The van der Waals surface area contributed by atoms with Crippen LogP contribution in [-0.4, -0.2) is 28.6 Å². The molecule has 4 nitrogen and oxygen atoms in total. The molecule has 2 atom stereocenters. The van der Waals surface area contributed by atoms with E-state index in [1.807, 2.05) is 12.1 Å². The van der Waals surface area contributed by atoms with Crippen LogP contribution in [0.2, 0.25) is 0 Å². The largest absolute Gasteiger partial charge is 0.478 e. The van der Waals surface area contributed by atoms with Crippen LogP contribution in [0.3, 0.4) is 0 Å². The third-order valence-corrected chi connectivity index (χ3v) is 4.49. The van der Waals surface area contributed by atoms with Gasteiger partial charge in [0.2, 0.25) is 0 Å². The Morgan fingerprint density at radius 1 is 1.30 bits per heavy atom. The minimum Gasteiger partial charge on any atom is -0.478 e. The molecule has 0 amide bonds. The molecule has 4 heteroatoms. The van der Waals surface area contributed by atoms with Crippen molar-refractivity contribution < 1.29 is 9.90 Å². The van der Waals surface area contributed by atoms with Gasteiger partial charge >= 0.3 is 5.97 Å². The van der Waals surface area contributed by atoms with Crippen LogP contribution < -0.4 is 4.90 Å². The van der Waals surface area contributed by atoms with Gasteiger partial charge in [-0.3, -0.25) is 0 Å². The number of hydrogen-bond donors (Lipinski definition) is 1. The van der Waals surface area contributed by atoms with Crippen molar-refractivity contribution in [1.82, 2.24) is 4.98 Å². The Hall–Kier alpha value is -1.84. The van der Waals surface area contributed by atoms with Crippen molar-refractivity contribution in [2.45, 2.75) is 38.1 Å². The Labute approximate surface area is 119 Å². The van der Waals surface area contributed by atoms with Crippen LogP contribution in [0, 0.1) is 5.92 Å². The minimum absolute atomic E-state index is 0.664. The lowest BCUT2D eigenvalue weighted by atomic mass is 9.85. The molecule has 1 aromatic rings. The van der Waals surface area contributed by atoms with Gasteiger partial charge < -0.3 is 10.0 Å². The lowest BCUT2D eigenvalue weighted by Gasteiger charge is -2.32. The van der Waals surface area contributed by atoms with Gasteiger partial charge in [0.15, 0.2) is 0 Å². The molecule has 1 aliphatic carbocycles. The first-order valence-electron chi connectivity index (χ1n) is 7.38. The standard InChI is InChI=1S/C16H20N2O2/c19-16(20)8-6-12-5-7-15(17-11-12)18-10-9-13-3-1-2-4-14(13)18/h5-8,11,13-14H,1-4,9-10H2,(H,19,20)/b8-6+. The molecule has 1 saturated carbocycles. The number of nitrogens with zero attached hydrogens (tertiary/aromatic N) is 2. The molecule has 0 bridgehead atoms. The van der Waals surface area contributed by atoms with Crippen LogP contribution in [0.4, 0.5) is 5.82 Å². The highest BCUT2D eigenvalue weighted by Gasteiger charge is 2.36. The van der Waals surface area contributed by atoms with E-state index in [-0.39, 0.29) is 0 Å². The quantitative estimate of drug-likeness (QED) is 0.860. The Kier molecular flexibility index (Phi) is 3.72. The smallest absolute Gasteiger partial charge is 0.328 e. The monoisotopic (exact) mass is 272 g/mol. The van der Waals surface area contributed by atoms with Gasteiger partial charge in [-0.1, -0.05) is 12.8 Å². The molecule has 3 rings (SSSR count). The Bertz CT molecular complexity index is 510. The molecule has 20 heavy (non-hydrogen) atoms. The highest BCUT2D eigenvalue weighted by Crippen LogP contribution is 2.38. The summed E-state index contributed by atoms with van der Waals surface area (Å²) in [7, 11) is 0. The number of rotatable bonds is 3. The van der Waals surface area contributed by atoms with Crippen LogP contribution >= 0.6 is 0 Å². The molecule has 1 N–H and O–H groups in total. The molecular weight excluding hydrogens is 252 g/mol. The van der Waals surface area contributed by atoms with E-state index in [9.17, 15) is 4.79 Å². The zero-order valence-corrected chi connectivity index (χ0v) is 11.5. The summed E-state index contributed by atoms with van der Waals surface area (Å²) in [4.78, 5) is 17.4. The lowest BCUT2D eigenvalue weighted by molar-refractivity contribution is -0.131. The third kappa shape index (κ3) is 2.69. The van der Waals surface area contributed by atoms with Gasteiger partial charge in [-0.05, 0) is 49.0 Å². The molecular formula is C16H20N2O2. The number of hydrogen-bond acceptors (Lipinski definition) is 3. The first-order chi connectivity index (χ1) is 9.74. The number of carbonyl (C=O) groups is 1. The lowest BCUT2D eigenvalue weighted by Crippen LogP contribution is -2.35. The SMILES string of the molecule is O=C(O)/C=C/c1ccc(N2CCC3CCCCC32)nc1. The van der Waals surface area contributed by atoms with E-state index in [2.05, 4.69) is 9.88 Å². The van der Waals surface area contributed by atoms with Gasteiger partial charge in [0.05, 0.1) is 0 Å². The predicted octanol–water partition coefficient (Wildman–Crippen LogP) is 2.95. The molecule has 0 aromatic carbocycles. The fraction of sp³-hybridized carbons (Fsp3) is 0.500. The van der Waals surface area contributed by atoms with E-state index >= 15 is 0 Å². The summed E-state index contributed by atoms with van der Waals surface area (Å²) >= 11 is 0. The van der Waals surface area contributed by atoms with E-state index in [4.69, 9.17) is 5.11 Å². The van der Waals surface area contributed by atoms with Gasteiger partial charge in [0, 0.05) is 24.9 Å². The van der Waals surface area contributed by atoms with Crippen molar-refractivity contribution in [3.05, 3.63) is 30.0 Å². The number of aliphatic carboxylic acids is 1. The van der Waals surface area contributed by atoms with Gasteiger partial charge in [0.25, 0.3) is 0 Å². The van der Waals surface area contributed by atoms with Crippen molar-refractivity contribution in [1.29, 1.82) is 0 Å². The van der Waals surface area contributed by atoms with Crippen molar-refractivity contribution >= 4 is 17.9 Å². The summed E-state index contributed by atoms with van der Waals surface area (Å²) in [5.41, 5.74) is 0.829.